The van der Waals surface area contributed by atoms with Gasteiger partial charge in [-0.1, -0.05) is 49.4 Å². The van der Waals surface area contributed by atoms with Crippen LogP contribution in [0.5, 0.6) is 11.5 Å². The molecule has 0 aliphatic rings. The SMILES string of the molecule is CCCOc1cc(-c2ccc(CCN[C@@H](C)[C@@H](O)c3ccc(O)cc3)cc2)ccc1C(=O)O. The Labute approximate surface area is 194 Å². The molecule has 0 heterocycles. The van der Waals surface area contributed by atoms with E-state index < -0.39 is 12.1 Å². The van der Waals surface area contributed by atoms with E-state index in [1.54, 1.807) is 42.5 Å². The largest absolute Gasteiger partial charge is 0.508 e. The van der Waals surface area contributed by atoms with Crippen LogP contribution in [0.3, 0.4) is 0 Å². The van der Waals surface area contributed by atoms with Gasteiger partial charge in [0.25, 0.3) is 0 Å². The van der Waals surface area contributed by atoms with Gasteiger partial charge >= 0.3 is 5.97 Å². The predicted octanol–water partition coefficient (Wildman–Crippen LogP) is 4.80. The number of benzene rings is 3. The van der Waals surface area contributed by atoms with Crippen LogP contribution in [0.4, 0.5) is 0 Å². The molecule has 0 spiro atoms. The molecule has 4 N–H and O–H groups in total. The molecule has 0 unspecified atom stereocenters. The molecule has 33 heavy (non-hydrogen) atoms. The van der Waals surface area contributed by atoms with Gasteiger partial charge in [-0.15, -0.1) is 0 Å². The van der Waals surface area contributed by atoms with Crippen molar-refractivity contribution < 1.29 is 24.9 Å². The molecule has 0 aromatic heterocycles. The average molecular weight is 450 g/mol. The Morgan fingerprint density at radius 3 is 2.30 bits per heavy atom. The first-order chi connectivity index (χ1) is 15.9. The average Bonchev–Trinajstić information content (AvgIpc) is 2.82. The van der Waals surface area contributed by atoms with E-state index in [-0.39, 0.29) is 17.4 Å². The molecule has 0 radical (unpaired) electrons. The number of carboxylic acids is 1. The van der Waals surface area contributed by atoms with Crippen LogP contribution in [0.2, 0.25) is 0 Å². The van der Waals surface area contributed by atoms with Crippen molar-refractivity contribution in [2.24, 2.45) is 0 Å². The van der Waals surface area contributed by atoms with E-state index in [4.69, 9.17) is 4.74 Å². The lowest BCUT2D eigenvalue weighted by atomic mass is 10.0. The summed E-state index contributed by atoms with van der Waals surface area (Å²) >= 11 is 0. The molecule has 0 saturated carbocycles. The molecular formula is C27H31NO5. The van der Waals surface area contributed by atoms with Crippen molar-refractivity contribution in [1.82, 2.24) is 5.32 Å². The van der Waals surface area contributed by atoms with E-state index >= 15 is 0 Å². The molecule has 6 nitrogen and oxygen atoms in total. The monoisotopic (exact) mass is 449 g/mol. The summed E-state index contributed by atoms with van der Waals surface area (Å²) < 4.78 is 5.64. The molecule has 174 valence electrons. The predicted molar refractivity (Wildman–Crippen MR) is 129 cm³/mol. The summed E-state index contributed by atoms with van der Waals surface area (Å²) in [5.41, 5.74) is 3.97. The Hall–Kier alpha value is -3.35. The lowest BCUT2D eigenvalue weighted by molar-refractivity contribution is 0.0692. The van der Waals surface area contributed by atoms with Gasteiger partial charge in [-0.05, 0) is 72.8 Å². The normalized spacial score (nSPS) is 12.8. The second kappa shape index (κ2) is 11.5. The van der Waals surface area contributed by atoms with Gasteiger partial charge in [0.05, 0.1) is 12.7 Å². The van der Waals surface area contributed by atoms with Crippen LogP contribution < -0.4 is 10.1 Å². The van der Waals surface area contributed by atoms with Gasteiger partial charge in [0, 0.05) is 6.04 Å². The minimum atomic E-state index is -1.000. The van der Waals surface area contributed by atoms with Crippen LogP contribution in [-0.2, 0) is 6.42 Å². The number of rotatable bonds is 11. The molecule has 0 amide bonds. The minimum Gasteiger partial charge on any atom is -0.508 e. The van der Waals surface area contributed by atoms with E-state index in [2.05, 4.69) is 17.4 Å². The molecule has 3 aromatic rings. The number of aromatic carboxylic acids is 1. The molecule has 3 aromatic carbocycles. The van der Waals surface area contributed by atoms with Gasteiger partial charge in [-0.3, -0.25) is 0 Å². The highest BCUT2D eigenvalue weighted by Gasteiger charge is 2.16. The van der Waals surface area contributed by atoms with Crippen molar-refractivity contribution in [3.63, 3.8) is 0 Å². The fourth-order valence-corrected chi connectivity index (χ4v) is 3.59. The van der Waals surface area contributed by atoms with Gasteiger partial charge in [0.1, 0.15) is 17.1 Å². The van der Waals surface area contributed by atoms with Crippen LogP contribution in [0.1, 0.15) is 47.9 Å². The summed E-state index contributed by atoms with van der Waals surface area (Å²) in [5, 5.41) is 32.6. The van der Waals surface area contributed by atoms with E-state index in [9.17, 15) is 20.1 Å². The van der Waals surface area contributed by atoms with Gasteiger partial charge in [-0.25, -0.2) is 4.79 Å². The summed E-state index contributed by atoms with van der Waals surface area (Å²) in [7, 11) is 0. The van der Waals surface area contributed by atoms with E-state index in [0.29, 0.717) is 18.9 Å². The fourth-order valence-electron chi connectivity index (χ4n) is 3.59. The molecule has 0 fully saturated rings. The number of aliphatic hydroxyl groups is 1. The van der Waals surface area contributed by atoms with Crippen molar-refractivity contribution in [3.05, 3.63) is 83.4 Å². The Bertz CT molecular complexity index is 1050. The highest BCUT2D eigenvalue weighted by atomic mass is 16.5. The van der Waals surface area contributed by atoms with Crippen LogP contribution in [0.15, 0.2) is 66.7 Å². The van der Waals surface area contributed by atoms with Gasteiger partial charge in [0.15, 0.2) is 0 Å². The minimum absolute atomic E-state index is 0.136. The number of phenols is 1. The third kappa shape index (κ3) is 6.57. The third-order valence-corrected chi connectivity index (χ3v) is 5.55. The summed E-state index contributed by atoms with van der Waals surface area (Å²) in [6.45, 7) is 5.08. The van der Waals surface area contributed by atoms with Crippen LogP contribution in [-0.4, -0.2) is 40.5 Å². The first-order valence-electron chi connectivity index (χ1n) is 11.2. The lowest BCUT2D eigenvalue weighted by Gasteiger charge is -2.21. The van der Waals surface area contributed by atoms with E-state index in [1.165, 1.54) is 0 Å². The first-order valence-corrected chi connectivity index (χ1v) is 11.2. The van der Waals surface area contributed by atoms with Gasteiger partial charge in [-0.2, -0.15) is 0 Å². The molecule has 0 bridgehead atoms. The zero-order valence-electron chi connectivity index (χ0n) is 19.0. The third-order valence-electron chi connectivity index (χ3n) is 5.55. The molecule has 0 saturated heterocycles. The second-order valence-electron chi connectivity index (χ2n) is 8.09. The summed E-state index contributed by atoms with van der Waals surface area (Å²) in [6.07, 6.45) is 0.942. The highest BCUT2D eigenvalue weighted by molar-refractivity contribution is 5.92. The number of aromatic hydroxyl groups is 1. The number of hydrogen-bond acceptors (Lipinski definition) is 5. The van der Waals surface area contributed by atoms with Crippen molar-refractivity contribution >= 4 is 5.97 Å². The molecule has 0 aliphatic carbocycles. The lowest BCUT2D eigenvalue weighted by Crippen LogP contribution is -2.33. The maximum Gasteiger partial charge on any atom is 0.339 e. The first kappa shape index (κ1) is 24.3. The Balaban J connectivity index is 1.59. The quantitative estimate of drug-likeness (QED) is 0.336. The standard InChI is InChI=1S/C27H31NO5/c1-3-16-33-25-17-22(10-13-24(25)27(31)32)20-6-4-19(5-7-20)14-15-28-18(2)26(30)21-8-11-23(29)12-9-21/h4-13,17-18,26,28-30H,3,14-16H2,1-2H3,(H,31,32)/t18-,26+/m0/s1. The summed E-state index contributed by atoms with van der Waals surface area (Å²) in [4.78, 5) is 11.5. The summed E-state index contributed by atoms with van der Waals surface area (Å²) in [6, 6.07) is 19.7. The van der Waals surface area contributed by atoms with E-state index in [1.807, 2.05) is 26.0 Å². The van der Waals surface area contributed by atoms with Crippen LogP contribution in [0, 0.1) is 0 Å². The van der Waals surface area contributed by atoms with Gasteiger partial charge < -0.3 is 25.4 Å². The number of phenolic OH excluding ortho intramolecular Hbond substituents is 1. The Kier molecular flexibility index (Phi) is 8.46. The number of carbonyl (C=O) groups is 1. The number of nitrogens with one attached hydrogen (secondary N) is 1. The zero-order chi connectivity index (χ0) is 23.8. The molecule has 3 rings (SSSR count). The number of aliphatic hydroxyl groups excluding tert-OH is 1. The Morgan fingerprint density at radius 1 is 1.00 bits per heavy atom. The van der Waals surface area contributed by atoms with Crippen molar-refractivity contribution in [2.75, 3.05) is 13.2 Å². The highest BCUT2D eigenvalue weighted by Crippen LogP contribution is 2.28. The van der Waals surface area contributed by atoms with Crippen molar-refractivity contribution in [2.45, 2.75) is 38.8 Å². The van der Waals surface area contributed by atoms with Crippen LogP contribution >= 0.6 is 0 Å². The second-order valence-corrected chi connectivity index (χ2v) is 8.09. The zero-order valence-corrected chi connectivity index (χ0v) is 19.0. The maximum atomic E-state index is 11.5. The smallest absolute Gasteiger partial charge is 0.339 e. The van der Waals surface area contributed by atoms with Crippen molar-refractivity contribution in [1.29, 1.82) is 0 Å². The fraction of sp³-hybridized carbons (Fsp3) is 0.296. The van der Waals surface area contributed by atoms with Gasteiger partial charge in [0.2, 0.25) is 0 Å². The van der Waals surface area contributed by atoms with E-state index in [0.717, 1.165) is 35.1 Å². The number of carboxylic acid groups (broad SMARTS) is 1. The molecular weight excluding hydrogens is 418 g/mol. The summed E-state index contributed by atoms with van der Waals surface area (Å²) in [5.74, 6) is -0.436. The van der Waals surface area contributed by atoms with Crippen LogP contribution in [0.25, 0.3) is 11.1 Å². The molecule has 0 aliphatic heterocycles. The number of hydrogen-bond donors (Lipinski definition) is 4. The molecule has 2 atom stereocenters. The Morgan fingerprint density at radius 2 is 1.67 bits per heavy atom. The maximum absolute atomic E-state index is 11.5. The number of ether oxygens (including phenoxy) is 1. The topological polar surface area (TPSA) is 99.0 Å². The van der Waals surface area contributed by atoms with Crippen molar-refractivity contribution in [3.8, 4) is 22.6 Å². The molecule has 6 heteroatoms.